The van der Waals surface area contributed by atoms with E-state index < -0.39 is 23.8 Å². The third kappa shape index (κ3) is 4.44. The zero-order valence-corrected chi connectivity index (χ0v) is 15.1. The molecule has 25 heavy (non-hydrogen) atoms. The number of hydrogen-bond acceptors (Lipinski definition) is 6. The standard InChI is InChI=1S/C16H15BrN2O6/c1-3-4-12(20)25-13-10(17)6-8(7-11(13)24-2)5-9-14(21)18-16(23)19-15(9)22/h5-7H,3-4H2,1-2H3,(H2,18,19,21,22,23). The van der Waals surface area contributed by atoms with Gasteiger partial charge in [0.1, 0.15) is 5.57 Å². The molecule has 1 aromatic carbocycles. The van der Waals surface area contributed by atoms with E-state index in [1.807, 2.05) is 17.6 Å². The van der Waals surface area contributed by atoms with Crippen LogP contribution in [0.25, 0.3) is 6.08 Å². The van der Waals surface area contributed by atoms with Crippen molar-refractivity contribution in [1.82, 2.24) is 10.6 Å². The van der Waals surface area contributed by atoms with E-state index in [1.165, 1.54) is 19.3 Å². The number of ether oxygens (including phenoxy) is 2. The largest absolute Gasteiger partial charge is 0.493 e. The van der Waals surface area contributed by atoms with Gasteiger partial charge in [-0.25, -0.2) is 4.79 Å². The van der Waals surface area contributed by atoms with Crippen LogP contribution in [0, 0.1) is 0 Å². The van der Waals surface area contributed by atoms with Crippen molar-refractivity contribution in [2.45, 2.75) is 19.8 Å². The quantitative estimate of drug-likeness (QED) is 0.332. The number of benzene rings is 1. The second-order valence-electron chi connectivity index (χ2n) is 5.05. The van der Waals surface area contributed by atoms with Crippen LogP contribution in [0.3, 0.4) is 0 Å². The smallest absolute Gasteiger partial charge is 0.328 e. The van der Waals surface area contributed by atoms with Crippen molar-refractivity contribution in [3.05, 3.63) is 27.7 Å². The highest BCUT2D eigenvalue weighted by Gasteiger charge is 2.28. The van der Waals surface area contributed by atoms with Crippen LogP contribution in [0.5, 0.6) is 11.5 Å². The van der Waals surface area contributed by atoms with Gasteiger partial charge in [-0.15, -0.1) is 0 Å². The van der Waals surface area contributed by atoms with Gasteiger partial charge in [-0.3, -0.25) is 25.0 Å². The minimum absolute atomic E-state index is 0.204. The van der Waals surface area contributed by atoms with Crippen LogP contribution in [0.1, 0.15) is 25.3 Å². The van der Waals surface area contributed by atoms with Crippen LogP contribution in [0.4, 0.5) is 4.79 Å². The number of hydrogen-bond donors (Lipinski definition) is 2. The first-order chi connectivity index (χ1) is 11.8. The minimum atomic E-state index is -0.871. The maximum atomic E-state index is 11.8. The van der Waals surface area contributed by atoms with E-state index in [1.54, 1.807) is 6.07 Å². The molecule has 0 aliphatic carbocycles. The molecule has 4 amide bonds. The fraction of sp³-hybridized carbons (Fsp3) is 0.250. The molecule has 2 rings (SSSR count). The van der Waals surface area contributed by atoms with E-state index in [4.69, 9.17) is 9.47 Å². The fourth-order valence-corrected chi connectivity index (χ4v) is 2.60. The predicted molar refractivity (Wildman–Crippen MR) is 90.9 cm³/mol. The van der Waals surface area contributed by atoms with Gasteiger partial charge in [0.2, 0.25) is 0 Å². The molecule has 1 aliphatic heterocycles. The molecule has 1 heterocycles. The van der Waals surface area contributed by atoms with Crippen molar-refractivity contribution in [2.24, 2.45) is 0 Å². The van der Waals surface area contributed by atoms with E-state index in [9.17, 15) is 19.2 Å². The van der Waals surface area contributed by atoms with Crippen molar-refractivity contribution in [3.63, 3.8) is 0 Å². The van der Waals surface area contributed by atoms with Gasteiger partial charge in [0.15, 0.2) is 11.5 Å². The zero-order valence-electron chi connectivity index (χ0n) is 13.5. The number of methoxy groups -OCH3 is 1. The van der Waals surface area contributed by atoms with E-state index in [0.717, 1.165) is 0 Å². The lowest BCUT2D eigenvalue weighted by Gasteiger charge is -2.15. The summed E-state index contributed by atoms with van der Waals surface area (Å²) < 4.78 is 10.9. The van der Waals surface area contributed by atoms with Crippen LogP contribution in [-0.2, 0) is 14.4 Å². The van der Waals surface area contributed by atoms with Gasteiger partial charge >= 0.3 is 12.0 Å². The predicted octanol–water partition coefficient (Wildman–Crippen LogP) is 1.91. The highest BCUT2D eigenvalue weighted by Crippen LogP contribution is 2.37. The maximum absolute atomic E-state index is 11.8. The third-order valence-electron chi connectivity index (χ3n) is 3.18. The molecule has 0 atom stereocenters. The Balaban J connectivity index is 2.37. The molecule has 0 saturated carbocycles. The van der Waals surface area contributed by atoms with Gasteiger partial charge in [0.25, 0.3) is 11.8 Å². The molecule has 1 saturated heterocycles. The number of carbonyl (C=O) groups excluding carboxylic acids is 4. The molecule has 132 valence electrons. The Labute approximate surface area is 151 Å². The van der Waals surface area contributed by atoms with Gasteiger partial charge in [0, 0.05) is 6.42 Å². The number of urea groups is 1. The Kier molecular flexibility index (Phi) is 5.92. The molecular weight excluding hydrogens is 396 g/mol. The molecule has 9 heteroatoms. The van der Waals surface area contributed by atoms with Gasteiger partial charge < -0.3 is 9.47 Å². The highest BCUT2D eigenvalue weighted by atomic mass is 79.9. The Bertz CT molecular complexity index is 765. The van der Waals surface area contributed by atoms with Crippen molar-refractivity contribution in [2.75, 3.05) is 7.11 Å². The molecule has 8 nitrogen and oxygen atoms in total. The van der Waals surface area contributed by atoms with Crippen LogP contribution in [0.2, 0.25) is 0 Å². The number of amides is 4. The first-order valence-electron chi connectivity index (χ1n) is 7.32. The minimum Gasteiger partial charge on any atom is -0.493 e. The van der Waals surface area contributed by atoms with E-state index >= 15 is 0 Å². The number of carbonyl (C=O) groups is 4. The van der Waals surface area contributed by atoms with Crippen LogP contribution in [-0.4, -0.2) is 30.9 Å². The van der Waals surface area contributed by atoms with Crippen LogP contribution >= 0.6 is 15.9 Å². The SMILES string of the molecule is CCCC(=O)Oc1c(Br)cc(C=C2C(=O)NC(=O)NC2=O)cc1OC. The second kappa shape index (κ2) is 7.93. The summed E-state index contributed by atoms with van der Waals surface area (Å²) in [5.74, 6) is -1.56. The number of esters is 1. The molecule has 1 aromatic rings. The Morgan fingerprint density at radius 2 is 1.84 bits per heavy atom. The molecule has 0 aromatic heterocycles. The summed E-state index contributed by atoms with van der Waals surface area (Å²) in [6.45, 7) is 1.85. The molecule has 0 spiro atoms. The molecule has 0 bridgehead atoms. The maximum Gasteiger partial charge on any atom is 0.328 e. The Morgan fingerprint density at radius 3 is 2.40 bits per heavy atom. The van der Waals surface area contributed by atoms with Crippen molar-refractivity contribution >= 4 is 45.8 Å². The topological polar surface area (TPSA) is 111 Å². The molecule has 1 fully saturated rings. The van der Waals surface area contributed by atoms with Crippen LogP contribution in [0.15, 0.2) is 22.2 Å². The monoisotopic (exact) mass is 410 g/mol. The van der Waals surface area contributed by atoms with Gasteiger partial charge in [-0.1, -0.05) is 6.92 Å². The molecule has 2 N–H and O–H groups in total. The first-order valence-corrected chi connectivity index (χ1v) is 8.11. The summed E-state index contributed by atoms with van der Waals surface area (Å²) in [6, 6.07) is 2.19. The number of barbiturate groups is 1. The summed E-state index contributed by atoms with van der Waals surface area (Å²) in [4.78, 5) is 46.3. The van der Waals surface area contributed by atoms with Crippen LogP contribution < -0.4 is 20.1 Å². The van der Waals surface area contributed by atoms with Gasteiger partial charge in [-0.05, 0) is 46.1 Å². The first kappa shape index (κ1) is 18.7. The number of nitrogens with one attached hydrogen (secondary N) is 2. The van der Waals surface area contributed by atoms with Crippen molar-refractivity contribution in [3.8, 4) is 11.5 Å². The second-order valence-corrected chi connectivity index (χ2v) is 5.91. The summed E-state index contributed by atoms with van der Waals surface area (Å²) in [5, 5.41) is 3.97. The summed E-state index contributed by atoms with van der Waals surface area (Å²) in [7, 11) is 1.40. The average Bonchev–Trinajstić information content (AvgIpc) is 2.53. The number of halogens is 1. The van der Waals surface area contributed by atoms with Gasteiger partial charge in [-0.2, -0.15) is 0 Å². The van der Waals surface area contributed by atoms with E-state index in [0.29, 0.717) is 16.5 Å². The lowest BCUT2D eigenvalue weighted by molar-refractivity contribution is -0.134. The lowest BCUT2D eigenvalue weighted by Crippen LogP contribution is -2.51. The summed E-state index contributed by atoms with van der Waals surface area (Å²) in [6.07, 6.45) is 2.20. The normalized spacial score (nSPS) is 13.9. The Hall–Kier alpha value is -2.68. The number of imide groups is 2. The summed E-state index contributed by atoms with van der Waals surface area (Å²) >= 11 is 3.28. The molecule has 0 radical (unpaired) electrons. The van der Waals surface area contributed by atoms with E-state index in [2.05, 4.69) is 15.9 Å². The zero-order chi connectivity index (χ0) is 18.6. The average molecular weight is 411 g/mol. The third-order valence-corrected chi connectivity index (χ3v) is 3.77. The van der Waals surface area contributed by atoms with Gasteiger partial charge in [0.05, 0.1) is 11.6 Å². The van der Waals surface area contributed by atoms with Crippen molar-refractivity contribution in [1.29, 1.82) is 0 Å². The fourth-order valence-electron chi connectivity index (χ4n) is 2.06. The molecule has 1 aliphatic rings. The molecule has 0 unspecified atom stereocenters. The lowest BCUT2D eigenvalue weighted by atomic mass is 10.1. The summed E-state index contributed by atoms with van der Waals surface area (Å²) in [5.41, 5.74) is 0.206. The Morgan fingerprint density at radius 1 is 1.20 bits per heavy atom. The van der Waals surface area contributed by atoms with Crippen molar-refractivity contribution < 1.29 is 28.7 Å². The number of rotatable bonds is 5. The highest BCUT2D eigenvalue weighted by molar-refractivity contribution is 9.10. The van der Waals surface area contributed by atoms with E-state index in [-0.39, 0.29) is 23.5 Å². The molecular formula is C16H15BrN2O6.